The highest BCUT2D eigenvalue weighted by Gasteiger charge is 2.27. The molecule has 9 nitrogen and oxygen atoms in total. The van der Waals surface area contributed by atoms with E-state index in [-0.39, 0.29) is 11.8 Å². The summed E-state index contributed by atoms with van der Waals surface area (Å²) in [5.74, 6) is 2.50. The number of rotatable bonds is 10. The standard InChI is InChI=1S/C26H39N5O4/c1-19-8-4-5-14-31(19)15-7-12-27-26(32)21-9-6-13-30(17-21)18-24-28-25(29-35-24)20-10-11-22(33-2)23(16-20)34-3/h10-11,16,19,21H,4-9,12-15,17-18H2,1-3H3,(H,27,32)/t19-,21+/m1/s1. The van der Waals surface area contributed by atoms with Crippen molar-refractivity contribution in [1.82, 2.24) is 25.3 Å². The van der Waals surface area contributed by atoms with E-state index in [0.717, 1.165) is 44.5 Å². The maximum atomic E-state index is 12.8. The topological polar surface area (TPSA) is 93.0 Å². The smallest absolute Gasteiger partial charge is 0.241 e. The summed E-state index contributed by atoms with van der Waals surface area (Å²) in [7, 11) is 3.20. The Morgan fingerprint density at radius 2 is 2.00 bits per heavy atom. The number of aromatic nitrogens is 2. The quantitative estimate of drug-likeness (QED) is 0.512. The number of hydrogen-bond donors (Lipinski definition) is 1. The van der Waals surface area contributed by atoms with E-state index in [4.69, 9.17) is 14.0 Å². The summed E-state index contributed by atoms with van der Waals surface area (Å²) in [5.41, 5.74) is 0.799. The lowest BCUT2D eigenvalue weighted by molar-refractivity contribution is -0.126. The Bertz CT molecular complexity index is 965. The van der Waals surface area contributed by atoms with Crippen molar-refractivity contribution in [3.05, 3.63) is 24.1 Å². The second-order valence-electron chi connectivity index (χ2n) is 9.68. The van der Waals surface area contributed by atoms with Gasteiger partial charge in [0.1, 0.15) is 0 Å². The minimum absolute atomic E-state index is 0.00546. The lowest BCUT2D eigenvalue weighted by Gasteiger charge is -2.33. The normalized spacial score (nSPS) is 21.6. The molecular weight excluding hydrogens is 446 g/mol. The summed E-state index contributed by atoms with van der Waals surface area (Å²) in [6.45, 7) is 7.49. The third-order valence-corrected chi connectivity index (χ3v) is 7.21. The van der Waals surface area contributed by atoms with Gasteiger partial charge in [0.2, 0.25) is 17.6 Å². The highest BCUT2D eigenvalue weighted by molar-refractivity contribution is 5.78. The molecule has 4 rings (SSSR count). The maximum absolute atomic E-state index is 12.8. The first-order chi connectivity index (χ1) is 17.1. The van der Waals surface area contributed by atoms with E-state index in [1.807, 2.05) is 18.2 Å². The number of nitrogens with one attached hydrogen (secondary N) is 1. The van der Waals surface area contributed by atoms with Gasteiger partial charge in [0.25, 0.3) is 0 Å². The van der Waals surface area contributed by atoms with E-state index in [9.17, 15) is 4.79 Å². The van der Waals surface area contributed by atoms with Crippen LogP contribution in [-0.4, -0.2) is 78.8 Å². The fourth-order valence-electron chi connectivity index (χ4n) is 5.14. The molecule has 3 heterocycles. The minimum Gasteiger partial charge on any atom is -0.493 e. The molecule has 2 saturated heterocycles. The molecule has 2 atom stereocenters. The van der Waals surface area contributed by atoms with E-state index in [1.165, 1.54) is 25.8 Å². The van der Waals surface area contributed by atoms with E-state index in [2.05, 4.69) is 32.2 Å². The van der Waals surface area contributed by atoms with Crippen LogP contribution in [0.2, 0.25) is 0 Å². The highest BCUT2D eigenvalue weighted by atomic mass is 16.5. The summed E-state index contributed by atoms with van der Waals surface area (Å²) in [6, 6.07) is 6.21. The highest BCUT2D eigenvalue weighted by Crippen LogP contribution is 2.31. The fourth-order valence-corrected chi connectivity index (χ4v) is 5.14. The van der Waals surface area contributed by atoms with Gasteiger partial charge in [0, 0.05) is 31.2 Å². The Morgan fingerprint density at radius 1 is 1.14 bits per heavy atom. The van der Waals surface area contributed by atoms with Crippen LogP contribution in [0.15, 0.2) is 22.7 Å². The molecule has 0 saturated carbocycles. The number of carbonyl (C=O) groups excluding carboxylic acids is 1. The van der Waals surface area contributed by atoms with Crippen LogP contribution in [0.5, 0.6) is 11.5 Å². The molecule has 1 aromatic heterocycles. The number of likely N-dealkylation sites (tertiary alicyclic amines) is 2. The molecule has 2 fully saturated rings. The summed E-state index contributed by atoms with van der Waals surface area (Å²) in [5, 5.41) is 7.31. The number of hydrogen-bond acceptors (Lipinski definition) is 8. The molecule has 2 aliphatic heterocycles. The Labute approximate surface area is 208 Å². The predicted octanol–water partition coefficient (Wildman–Crippen LogP) is 3.35. The first-order valence-electron chi connectivity index (χ1n) is 12.9. The molecule has 2 aliphatic rings. The molecule has 0 aliphatic carbocycles. The van der Waals surface area contributed by atoms with Gasteiger partial charge in [-0.15, -0.1) is 0 Å². The van der Waals surface area contributed by atoms with Crippen molar-refractivity contribution in [2.24, 2.45) is 5.92 Å². The molecular formula is C26H39N5O4. The fraction of sp³-hybridized carbons (Fsp3) is 0.654. The Balaban J connectivity index is 1.24. The van der Waals surface area contributed by atoms with Crippen molar-refractivity contribution >= 4 is 5.91 Å². The van der Waals surface area contributed by atoms with Gasteiger partial charge in [-0.1, -0.05) is 11.6 Å². The summed E-state index contributed by atoms with van der Waals surface area (Å²) >= 11 is 0. The van der Waals surface area contributed by atoms with Crippen LogP contribution >= 0.6 is 0 Å². The molecule has 9 heteroatoms. The van der Waals surface area contributed by atoms with Crippen LogP contribution in [0, 0.1) is 5.92 Å². The van der Waals surface area contributed by atoms with Crippen LogP contribution in [-0.2, 0) is 11.3 Å². The van der Waals surface area contributed by atoms with Gasteiger partial charge in [0.05, 0.1) is 26.7 Å². The number of ether oxygens (including phenoxy) is 2. The Hall–Kier alpha value is -2.65. The zero-order chi connectivity index (χ0) is 24.6. The number of carbonyl (C=O) groups is 1. The number of nitrogens with zero attached hydrogens (tertiary/aromatic N) is 4. The molecule has 0 radical (unpaired) electrons. The average molecular weight is 486 g/mol. The van der Waals surface area contributed by atoms with Crippen LogP contribution in [0.25, 0.3) is 11.4 Å². The lowest BCUT2D eigenvalue weighted by Crippen LogP contribution is -2.43. The second kappa shape index (κ2) is 12.4. The molecule has 1 aromatic carbocycles. The molecule has 0 spiro atoms. The Morgan fingerprint density at radius 3 is 2.80 bits per heavy atom. The van der Waals surface area contributed by atoms with E-state index >= 15 is 0 Å². The van der Waals surface area contributed by atoms with Crippen molar-refractivity contribution in [2.75, 3.05) is 46.9 Å². The van der Waals surface area contributed by atoms with Crippen molar-refractivity contribution in [3.8, 4) is 22.9 Å². The second-order valence-corrected chi connectivity index (χ2v) is 9.68. The van der Waals surface area contributed by atoms with Crippen LogP contribution in [0.4, 0.5) is 0 Å². The zero-order valence-corrected chi connectivity index (χ0v) is 21.3. The number of piperidine rings is 2. The van der Waals surface area contributed by atoms with Crippen LogP contribution in [0.3, 0.4) is 0 Å². The largest absolute Gasteiger partial charge is 0.493 e. The van der Waals surface area contributed by atoms with Crippen LogP contribution in [0.1, 0.15) is 51.3 Å². The van der Waals surface area contributed by atoms with Crippen molar-refractivity contribution in [2.45, 2.75) is 58.0 Å². The molecule has 0 unspecified atom stereocenters. The molecule has 1 amide bonds. The van der Waals surface area contributed by atoms with Gasteiger partial charge in [0.15, 0.2) is 11.5 Å². The molecule has 192 valence electrons. The number of benzene rings is 1. The molecule has 2 aromatic rings. The van der Waals surface area contributed by atoms with Gasteiger partial charge < -0.3 is 24.2 Å². The summed E-state index contributed by atoms with van der Waals surface area (Å²) in [6.07, 6.45) is 6.85. The third kappa shape index (κ3) is 6.73. The SMILES string of the molecule is COc1ccc(-c2noc(CN3CCC[C@H](C(=O)NCCCN4CCCC[C@H]4C)C3)n2)cc1OC. The monoisotopic (exact) mass is 485 g/mol. The average Bonchev–Trinajstić information content (AvgIpc) is 3.35. The molecule has 1 N–H and O–H groups in total. The number of amides is 1. The van der Waals surface area contributed by atoms with Crippen molar-refractivity contribution < 1.29 is 18.8 Å². The van der Waals surface area contributed by atoms with Gasteiger partial charge in [-0.05, 0) is 70.3 Å². The molecule has 0 bridgehead atoms. The lowest BCUT2D eigenvalue weighted by atomic mass is 9.97. The van der Waals surface area contributed by atoms with E-state index in [0.29, 0.717) is 42.3 Å². The van der Waals surface area contributed by atoms with Crippen molar-refractivity contribution in [1.29, 1.82) is 0 Å². The first kappa shape index (κ1) is 25.4. The summed E-state index contributed by atoms with van der Waals surface area (Å²) < 4.78 is 16.2. The number of methoxy groups -OCH3 is 2. The first-order valence-corrected chi connectivity index (χ1v) is 12.9. The van der Waals surface area contributed by atoms with E-state index in [1.54, 1.807) is 14.2 Å². The van der Waals surface area contributed by atoms with Gasteiger partial charge in [-0.2, -0.15) is 4.98 Å². The Kier molecular flexibility index (Phi) is 8.98. The van der Waals surface area contributed by atoms with Gasteiger partial charge in [-0.3, -0.25) is 9.69 Å². The third-order valence-electron chi connectivity index (χ3n) is 7.21. The van der Waals surface area contributed by atoms with E-state index < -0.39 is 0 Å². The minimum atomic E-state index is 0.00546. The summed E-state index contributed by atoms with van der Waals surface area (Å²) in [4.78, 5) is 22.1. The van der Waals surface area contributed by atoms with Crippen molar-refractivity contribution in [3.63, 3.8) is 0 Å². The predicted molar refractivity (Wildman–Crippen MR) is 133 cm³/mol. The maximum Gasteiger partial charge on any atom is 0.241 e. The van der Waals surface area contributed by atoms with Gasteiger partial charge in [-0.25, -0.2) is 0 Å². The molecule has 35 heavy (non-hydrogen) atoms. The van der Waals surface area contributed by atoms with Gasteiger partial charge >= 0.3 is 0 Å². The zero-order valence-electron chi connectivity index (χ0n) is 21.3. The van der Waals surface area contributed by atoms with Crippen LogP contribution < -0.4 is 14.8 Å².